The number of benzene rings is 1. The van der Waals surface area contributed by atoms with Crippen molar-refractivity contribution in [2.75, 3.05) is 20.2 Å². The average molecular weight is 294 g/mol. The topological polar surface area (TPSA) is 92.9 Å². The number of aliphatic carboxylic acids is 1. The lowest BCUT2D eigenvalue weighted by Gasteiger charge is -2.15. The number of hydrogen-bond acceptors (Lipinski definition) is 5. The summed E-state index contributed by atoms with van der Waals surface area (Å²) < 4.78 is 5.07. The van der Waals surface area contributed by atoms with Crippen molar-refractivity contribution in [2.24, 2.45) is 11.8 Å². The number of nitro benzene ring substituents is 1. The van der Waals surface area contributed by atoms with Gasteiger partial charge in [0.2, 0.25) is 0 Å². The van der Waals surface area contributed by atoms with E-state index in [9.17, 15) is 14.9 Å². The van der Waals surface area contributed by atoms with Gasteiger partial charge in [0.1, 0.15) is 5.75 Å². The summed E-state index contributed by atoms with van der Waals surface area (Å²) in [6.45, 7) is 3.52. The van der Waals surface area contributed by atoms with Gasteiger partial charge in [-0.3, -0.25) is 19.8 Å². The molecule has 1 aromatic carbocycles. The van der Waals surface area contributed by atoms with Crippen molar-refractivity contribution in [3.63, 3.8) is 0 Å². The third kappa shape index (κ3) is 3.49. The Hall–Kier alpha value is -2.15. The summed E-state index contributed by atoms with van der Waals surface area (Å²) in [5.74, 6) is -0.670. The van der Waals surface area contributed by atoms with Crippen LogP contribution >= 0.6 is 0 Å². The molecule has 114 valence electrons. The summed E-state index contributed by atoms with van der Waals surface area (Å²) in [5, 5.41) is 20.0. The van der Waals surface area contributed by atoms with Crippen LogP contribution in [0.5, 0.6) is 5.75 Å². The maximum Gasteiger partial charge on any atom is 0.308 e. The highest BCUT2D eigenvalue weighted by atomic mass is 16.6. The first-order chi connectivity index (χ1) is 9.90. The molecule has 1 aliphatic rings. The van der Waals surface area contributed by atoms with Crippen molar-refractivity contribution in [3.8, 4) is 5.75 Å². The van der Waals surface area contributed by atoms with E-state index in [1.165, 1.54) is 19.2 Å². The summed E-state index contributed by atoms with van der Waals surface area (Å²) in [5.41, 5.74) is 0.727. The maximum absolute atomic E-state index is 11.1. The number of non-ortho nitro benzene ring substituents is 1. The second kappa shape index (κ2) is 6.09. The zero-order chi connectivity index (χ0) is 15.6. The van der Waals surface area contributed by atoms with E-state index >= 15 is 0 Å². The van der Waals surface area contributed by atoms with Crippen molar-refractivity contribution in [1.29, 1.82) is 0 Å². The van der Waals surface area contributed by atoms with E-state index in [1.807, 2.05) is 11.8 Å². The van der Waals surface area contributed by atoms with Gasteiger partial charge in [0.05, 0.1) is 24.0 Å². The number of rotatable bonds is 5. The van der Waals surface area contributed by atoms with E-state index in [0.717, 1.165) is 5.56 Å². The zero-order valence-electron chi connectivity index (χ0n) is 12.0. The van der Waals surface area contributed by atoms with E-state index in [2.05, 4.69) is 0 Å². The predicted molar refractivity (Wildman–Crippen MR) is 75.2 cm³/mol. The van der Waals surface area contributed by atoms with Gasteiger partial charge in [-0.1, -0.05) is 6.92 Å². The molecule has 1 fully saturated rings. The molecule has 1 heterocycles. The molecule has 0 saturated carbocycles. The number of nitrogens with zero attached hydrogens (tertiary/aromatic N) is 2. The Labute approximate surface area is 122 Å². The minimum Gasteiger partial charge on any atom is -0.496 e. The van der Waals surface area contributed by atoms with E-state index < -0.39 is 10.9 Å². The lowest BCUT2D eigenvalue weighted by atomic mass is 9.99. The Bertz CT molecular complexity index is 560. The minimum atomic E-state index is -0.790. The van der Waals surface area contributed by atoms with Crippen LogP contribution in [0.3, 0.4) is 0 Å². The Morgan fingerprint density at radius 1 is 1.48 bits per heavy atom. The van der Waals surface area contributed by atoms with Crippen LogP contribution in [0.4, 0.5) is 5.69 Å². The molecule has 7 nitrogen and oxygen atoms in total. The fourth-order valence-electron chi connectivity index (χ4n) is 2.73. The van der Waals surface area contributed by atoms with Crippen LogP contribution in [-0.4, -0.2) is 41.1 Å². The van der Waals surface area contributed by atoms with Gasteiger partial charge >= 0.3 is 5.97 Å². The lowest BCUT2D eigenvalue weighted by Crippen LogP contribution is -2.23. The molecule has 1 aromatic rings. The number of nitro groups is 1. The Morgan fingerprint density at radius 2 is 2.19 bits per heavy atom. The molecule has 0 amide bonds. The quantitative estimate of drug-likeness (QED) is 0.657. The number of hydrogen-bond donors (Lipinski definition) is 1. The molecule has 0 aromatic heterocycles. The van der Waals surface area contributed by atoms with Gasteiger partial charge in [-0.2, -0.15) is 0 Å². The summed E-state index contributed by atoms with van der Waals surface area (Å²) in [7, 11) is 1.46. The number of methoxy groups -OCH3 is 1. The molecule has 2 rings (SSSR count). The lowest BCUT2D eigenvalue weighted by molar-refractivity contribution is -0.385. The van der Waals surface area contributed by atoms with Crippen LogP contribution < -0.4 is 4.74 Å². The van der Waals surface area contributed by atoms with Crippen LogP contribution in [0, 0.1) is 22.0 Å². The first-order valence-electron chi connectivity index (χ1n) is 6.68. The van der Waals surface area contributed by atoms with Crippen LogP contribution in [0.1, 0.15) is 12.5 Å². The summed E-state index contributed by atoms with van der Waals surface area (Å²) in [6.07, 6.45) is 0. The van der Waals surface area contributed by atoms with Gasteiger partial charge in [-0.05, 0) is 17.5 Å². The number of carboxylic acids is 1. The summed E-state index contributed by atoms with van der Waals surface area (Å²) in [6, 6.07) is 4.61. The van der Waals surface area contributed by atoms with Crippen LogP contribution in [0.2, 0.25) is 0 Å². The molecule has 2 unspecified atom stereocenters. The fourth-order valence-corrected chi connectivity index (χ4v) is 2.73. The van der Waals surface area contributed by atoms with Crippen molar-refractivity contribution in [3.05, 3.63) is 33.9 Å². The molecule has 1 N–H and O–H groups in total. The molecule has 2 atom stereocenters. The van der Waals surface area contributed by atoms with Crippen molar-refractivity contribution in [2.45, 2.75) is 13.5 Å². The van der Waals surface area contributed by atoms with Gasteiger partial charge in [-0.25, -0.2) is 0 Å². The Balaban J connectivity index is 2.15. The number of carboxylic acid groups (broad SMARTS) is 1. The van der Waals surface area contributed by atoms with Crippen molar-refractivity contribution in [1.82, 2.24) is 4.90 Å². The van der Waals surface area contributed by atoms with Gasteiger partial charge in [0.15, 0.2) is 0 Å². The monoisotopic (exact) mass is 294 g/mol. The van der Waals surface area contributed by atoms with Crippen LogP contribution in [0.25, 0.3) is 0 Å². The Kier molecular flexibility index (Phi) is 4.42. The molecular weight excluding hydrogens is 276 g/mol. The van der Waals surface area contributed by atoms with E-state index in [0.29, 0.717) is 25.4 Å². The molecule has 21 heavy (non-hydrogen) atoms. The normalized spacial score (nSPS) is 22.2. The molecule has 1 saturated heterocycles. The third-order valence-corrected chi connectivity index (χ3v) is 3.81. The molecule has 7 heteroatoms. The Morgan fingerprint density at radius 3 is 2.71 bits per heavy atom. The predicted octanol–water partition coefficient (Wildman–Crippen LogP) is 1.76. The molecule has 0 aliphatic carbocycles. The third-order valence-electron chi connectivity index (χ3n) is 3.81. The fraction of sp³-hybridized carbons (Fsp3) is 0.500. The molecular formula is C14H18N2O5. The molecule has 0 spiro atoms. The molecule has 0 radical (unpaired) electrons. The SMILES string of the molecule is COc1cc(CN2CC(C)C(C(=O)O)C2)cc([N+](=O)[O-])c1. The van der Waals surface area contributed by atoms with E-state index in [-0.39, 0.29) is 17.5 Å². The smallest absolute Gasteiger partial charge is 0.308 e. The highest BCUT2D eigenvalue weighted by Gasteiger charge is 2.34. The molecule has 1 aliphatic heterocycles. The van der Waals surface area contributed by atoms with E-state index in [1.54, 1.807) is 6.07 Å². The van der Waals surface area contributed by atoms with Crippen LogP contribution in [-0.2, 0) is 11.3 Å². The van der Waals surface area contributed by atoms with Gasteiger partial charge in [0, 0.05) is 25.7 Å². The first-order valence-corrected chi connectivity index (χ1v) is 6.68. The summed E-state index contributed by atoms with van der Waals surface area (Å²) >= 11 is 0. The van der Waals surface area contributed by atoms with Crippen LogP contribution in [0.15, 0.2) is 18.2 Å². The number of ether oxygens (including phenoxy) is 1. The minimum absolute atomic E-state index is 0.0219. The van der Waals surface area contributed by atoms with Gasteiger partial charge < -0.3 is 9.84 Å². The van der Waals surface area contributed by atoms with Gasteiger partial charge in [0.25, 0.3) is 5.69 Å². The second-order valence-corrected chi connectivity index (χ2v) is 5.41. The van der Waals surface area contributed by atoms with Crippen molar-refractivity contribution >= 4 is 11.7 Å². The largest absolute Gasteiger partial charge is 0.496 e. The maximum atomic E-state index is 11.1. The van der Waals surface area contributed by atoms with E-state index in [4.69, 9.17) is 9.84 Å². The highest BCUT2D eigenvalue weighted by molar-refractivity contribution is 5.71. The number of likely N-dealkylation sites (tertiary alicyclic amines) is 1. The highest BCUT2D eigenvalue weighted by Crippen LogP contribution is 2.27. The van der Waals surface area contributed by atoms with Crippen molar-refractivity contribution < 1.29 is 19.6 Å². The standard InChI is InChI=1S/C14H18N2O5/c1-9-6-15(8-13(9)14(17)18)7-10-3-11(16(19)20)5-12(4-10)21-2/h3-5,9,13H,6-8H2,1-2H3,(H,17,18). The van der Waals surface area contributed by atoms with Gasteiger partial charge in [-0.15, -0.1) is 0 Å². The molecule has 0 bridgehead atoms. The summed E-state index contributed by atoms with van der Waals surface area (Å²) in [4.78, 5) is 23.6. The zero-order valence-corrected chi connectivity index (χ0v) is 12.0. The number of carbonyl (C=O) groups is 1. The average Bonchev–Trinajstić information content (AvgIpc) is 2.79. The second-order valence-electron chi connectivity index (χ2n) is 5.41. The first kappa shape index (κ1) is 15.2.